The summed E-state index contributed by atoms with van der Waals surface area (Å²) >= 11 is 11.9. The van der Waals surface area contributed by atoms with Gasteiger partial charge in [0.05, 0.1) is 33.5 Å². The van der Waals surface area contributed by atoms with Crippen LogP contribution in [0.2, 0.25) is 10.0 Å². The Morgan fingerprint density at radius 2 is 1.97 bits per heavy atom. The van der Waals surface area contributed by atoms with Gasteiger partial charge in [0.25, 0.3) is 5.91 Å². The van der Waals surface area contributed by atoms with Crippen molar-refractivity contribution in [2.24, 2.45) is 0 Å². The monoisotopic (exact) mass is 452 g/mol. The number of hydrogen-bond donors (Lipinski definition) is 2. The Hall–Kier alpha value is -2.57. The smallest absolute Gasteiger partial charge is 0.253 e. The Balaban J connectivity index is 1.63. The van der Waals surface area contributed by atoms with Crippen LogP contribution in [-0.4, -0.2) is 23.6 Å². The van der Waals surface area contributed by atoms with E-state index in [4.69, 9.17) is 23.2 Å². The number of anilines is 1. The normalized spacial score (nSPS) is 15.0. The third-order valence-electron chi connectivity index (χ3n) is 4.90. The summed E-state index contributed by atoms with van der Waals surface area (Å²) in [6.45, 7) is 5.48. The van der Waals surface area contributed by atoms with Gasteiger partial charge in [0.2, 0.25) is 0 Å². The maximum absolute atomic E-state index is 14.1. The molecule has 30 heavy (non-hydrogen) atoms. The van der Waals surface area contributed by atoms with Crippen LogP contribution in [0.4, 0.5) is 14.5 Å². The van der Waals surface area contributed by atoms with Crippen LogP contribution < -0.4 is 10.2 Å². The highest BCUT2D eigenvalue weighted by molar-refractivity contribution is 6.42. The highest BCUT2D eigenvalue weighted by Gasteiger charge is 2.32. The standard InChI is InChI=1S/C22H20Cl2F2N2O2/c1-12(3-4-14-5-7-17(23)18(24)9-14)27-22(30)16-11-28(13(2)21(16)29)20-8-6-15(25)10-19(20)26/h5-10,12,29H,2-4,11H2,1H3,(H,27,30). The number of aryl methyl sites for hydroxylation is 1. The molecule has 4 nitrogen and oxygen atoms in total. The van der Waals surface area contributed by atoms with Gasteiger partial charge in [-0.2, -0.15) is 0 Å². The van der Waals surface area contributed by atoms with Crippen molar-refractivity contribution in [2.75, 3.05) is 11.4 Å². The molecule has 1 heterocycles. The van der Waals surface area contributed by atoms with Gasteiger partial charge in [-0.1, -0.05) is 35.8 Å². The lowest BCUT2D eigenvalue weighted by atomic mass is 10.1. The zero-order chi connectivity index (χ0) is 22.0. The van der Waals surface area contributed by atoms with E-state index in [0.29, 0.717) is 22.9 Å². The summed E-state index contributed by atoms with van der Waals surface area (Å²) in [6.07, 6.45) is 1.30. The second kappa shape index (κ2) is 9.06. The maximum Gasteiger partial charge on any atom is 0.253 e. The summed E-state index contributed by atoms with van der Waals surface area (Å²) in [6, 6.07) is 8.25. The average Bonchev–Trinajstić information content (AvgIpc) is 2.98. The molecule has 3 rings (SSSR count). The molecule has 2 aromatic carbocycles. The van der Waals surface area contributed by atoms with Gasteiger partial charge in [-0.3, -0.25) is 4.79 Å². The third-order valence-corrected chi connectivity index (χ3v) is 5.64. The topological polar surface area (TPSA) is 52.6 Å². The molecule has 0 spiro atoms. The predicted octanol–water partition coefficient (Wildman–Crippen LogP) is 5.55. The SMILES string of the molecule is C=C1C(O)=C(C(=O)NC(C)CCc2ccc(Cl)c(Cl)c2)CN1c1ccc(F)cc1F. The van der Waals surface area contributed by atoms with Crippen LogP contribution in [0.3, 0.4) is 0 Å². The van der Waals surface area contributed by atoms with E-state index in [1.54, 1.807) is 12.1 Å². The Morgan fingerprint density at radius 1 is 1.23 bits per heavy atom. The highest BCUT2D eigenvalue weighted by Crippen LogP contribution is 2.32. The molecule has 8 heteroatoms. The second-order valence-electron chi connectivity index (χ2n) is 7.12. The lowest BCUT2D eigenvalue weighted by molar-refractivity contribution is -0.118. The van der Waals surface area contributed by atoms with Crippen LogP contribution >= 0.6 is 23.2 Å². The van der Waals surface area contributed by atoms with Gasteiger partial charge in [0, 0.05) is 12.1 Å². The summed E-state index contributed by atoms with van der Waals surface area (Å²) in [5, 5.41) is 14.1. The van der Waals surface area contributed by atoms with E-state index < -0.39 is 17.5 Å². The quantitative estimate of drug-likeness (QED) is 0.603. The molecule has 1 unspecified atom stereocenters. The van der Waals surface area contributed by atoms with Gasteiger partial charge in [-0.25, -0.2) is 8.78 Å². The van der Waals surface area contributed by atoms with E-state index in [1.807, 2.05) is 13.0 Å². The number of amides is 1. The van der Waals surface area contributed by atoms with Crippen LogP contribution in [-0.2, 0) is 11.2 Å². The number of halogens is 4. The first-order valence-electron chi connectivity index (χ1n) is 9.26. The molecule has 1 amide bonds. The van der Waals surface area contributed by atoms with Gasteiger partial charge in [0.1, 0.15) is 17.4 Å². The lowest BCUT2D eigenvalue weighted by Crippen LogP contribution is -2.35. The fourth-order valence-electron chi connectivity index (χ4n) is 3.20. The molecule has 0 aliphatic carbocycles. The van der Waals surface area contributed by atoms with Crippen molar-refractivity contribution in [1.29, 1.82) is 0 Å². The van der Waals surface area contributed by atoms with E-state index in [2.05, 4.69) is 11.9 Å². The van der Waals surface area contributed by atoms with E-state index >= 15 is 0 Å². The molecular formula is C22H20Cl2F2N2O2. The molecular weight excluding hydrogens is 433 g/mol. The fourth-order valence-corrected chi connectivity index (χ4v) is 3.52. The maximum atomic E-state index is 14.1. The lowest BCUT2D eigenvalue weighted by Gasteiger charge is -2.20. The van der Waals surface area contributed by atoms with E-state index in [9.17, 15) is 18.7 Å². The zero-order valence-corrected chi connectivity index (χ0v) is 17.7. The Kier molecular flexibility index (Phi) is 6.68. The van der Waals surface area contributed by atoms with Crippen molar-refractivity contribution in [2.45, 2.75) is 25.8 Å². The molecule has 0 bridgehead atoms. The first kappa shape index (κ1) is 22.1. The Morgan fingerprint density at radius 3 is 2.63 bits per heavy atom. The van der Waals surface area contributed by atoms with E-state index in [1.165, 1.54) is 11.0 Å². The predicted molar refractivity (Wildman–Crippen MR) is 115 cm³/mol. The number of aliphatic hydroxyl groups is 1. The first-order valence-corrected chi connectivity index (χ1v) is 10.0. The number of benzene rings is 2. The number of hydrogen-bond acceptors (Lipinski definition) is 3. The number of carbonyl (C=O) groups excluding carboxylic acids is 1. The molecule has 0 aromatic heterocycles. The molecule has 0 saturated heterocycles. The average molecular weight is 453 g/mol. The summed E-state index contributed by atoms with van der Waals surface area (Å²) in [5.41, 5.74) is 1.17. The number of carbonyl (C=O) groups is 1. The van der Waals surface area contributed by atoms with Crippen molar-refractivity contribution >= 4 is 34.8 Å². The molecule has 2 N–H and O–H groups in total. The van der Waals surface area contributed by atoms with Gasteiger partial charge in [-0.15, -0.1) is 0 Å². The summed E-state index contributed by atoms with van der Waals surface area (Å²) < 4.78 is 27.3. The third kappa shape index (κ3) is 4.77. The minimum Gasteiger partial charge on any atom is -0.505 e. The molecule has 2 aromatic rings. The number of nitrogens with zero attached hydrogens (tertiary/aromatic N) is 1. The van der Waals surface area contributed by atoms with Crippen LogP contribution in [0.25, 0.3) is 0 Å². The fraction of sp³-hybridized carbons (Fsp3) is 0.227. The Bertz CT molecular complexity index is 1040. The molecule has 158 valence electrons. The summed E-state index contributed by atoms with van der Waals surface area (Å²) in [7, 11) is 0. The molecule has 1 aliphatic heterocycles. The molecule has 1 aliphatic rings. The van der Waals surface area contributed by atoms with Crippen LogP contribution in [0.5, 0.6) is 0 Å². The molecule has 0 fully saturated rings. The van der Waals surface area contributed by atoms with Crippen molar-refractivity contribution in [3.63, 3.8) is 0 Å². The van der Waals surface area contributed by atoms with Crippen molar-refractivity contribution in [3.8, 4) is 0 Å². The molecule has 1 atom stereocenters. The number of nitrogens with one attached hydrogen (secondary N) is 1. The van der Waals surface area contributed by atoms with Gasteiger partial charge >= 0.3 is 0 Å². The van der Waals surface area contributed by atoms with Gasteiger partial charge < -0.3 is 15.3 Å². The van der Waals surface area contributed by atoms with Crippen molar-refractivity contribution in [3.05, 3.63) is 87.2 Å². The van der Waals surface area contributed by atoms with E-state index in [-0.39, 0.29) is 35.3 Å². The minimum atomic E-state index is -0.805. The first-order chi connectivity index (χ1) is 14.2. The van der Waals surface area contributed by atoms with Gasteiger partial charge in [0.15, 0.2) is 0 Å². The van der Waals surface area contributed by atoms with Crippen LogP contribution in [0, 0.1) is 11.6 Å². The molecule has 0 radical (unpaired) electrons. The number of rotatable bonds is 6. The largest absolute Gasteiger partial charge is 0.505 e. The van der Waals surface area contributed by atoms with Gasteiger partial charge in [-0.05, 0) is 49.6 Å². The van der Waals surface area contributed by atoms with Crippen molar-refractivity contribution in [1.82, 2.24) is 5.32 Å². The summed E-state index contributed by atoms with van der Waals surface area (Å²) in [4.78, 5) is 14.0. The van der Waals surface area contributed by atoms with E-state index in [0.717, 1.165) is 17.7 Å². The van der Waals surface area contributed by atoms with Crippen molar-refractivity contribution < 1.29 is 18.7 Å². The minimum absolute atomic E-state index is 0.0309. The van der Waals surface area contributed by atoms with Crippen LogP contribution in [0.1, 0.15) is 18.9 Å². The highest BCUT2D eigenvalue weighted by atomic mass is 35.5. The Labute approximate surface area is 183 Å². The second-order valence-corrected chi connectivity index (χ2v) is 7.93. The molecule has 0 saturated carbocycles. The summed E-state index contributed by atoms with van der Waals surface area (Å²) in [5.74, 6) is -2.30. The number of aliphatic hydroxyl groups excluding tert-OH is 1. The van der Waals surface area contributed by atoms with Crippen LogP contribution in [0.15, 0.2) is 60.0 Å². The zero-order valence-electron chi connectivity index (χ0n) is 16.2.